The number of benzene rings is 2. The van der Waals surface area contributed by atoms with Crippen LogP contribution in [0.15, 0.2) is 53.4 Å². The summed E-state index contributed by atoms with van der Waals surface area (Å²) in [6, 6.07) is 14.0. The maximum atomic E-state index is 12.5. The Hall–Kier alpha value is -2.58. The quantitative estimate of drug-likeness (QED) is 0.672. The Kier molecular flexibility index (Phi) is 7.42. The average molecular weight is 405 g/mol. The summed E-state index contributed by atoms with van der Waals surface area (Å²) in [5.74, 6) is -0.183. The monoisotopic (exact) mass is 404 g/mol. The third kappa shape index (κ3) is 5.46. The molecule has 0 saturated heterocycles. The topological polar surface area (TPSA) is 81.8 Å². The fourth-order valence-corrected chi connectivity index (χ4v) is 4.15. The van der Waals surface area contributed by atoms with Gasteiger partial charge in [0.15, 0.2) is 0 Å². The summed E-state index contributed by atoms with van der Waals surface area (Å²) in [5.41, 5.74) is 2.45. The zero-order valence-corrected chi connectivity index (χ0v) is 17.6. The van der Waals surface area contributed by atoms with Crippen LogP contribution in [0.2, 0.25) is 0 Å². The minimum atomic E-state index is -3.48. The van der Waals surface area contributed by atoms with Crippen LogP contribution in [0.25, 0.3) is 0 Å². The Morgan fingerprint density at radius 1 is 0.893 bits per heavy atom. The summed E-state index contributed by atoms with van der Waals surface area (Å²) in [4.78, 5) is 14.3. The first-order valence-electron chi connectivity index (χ1n) is 9.19. The molecule has 1 amide bonds. The molecule has 0 atom stereocenters. The van der Waals surface area contributed by atoms with Crippen molar-refractivity contribution >= 4 is 33.0 Å². The second-order valence-corrected chi connectivity index (χ2v) is 8.39. The first-order chi connectivity index (χ1) is 13.3. The number of hydrogen-bond acceptors (Lipinski definition) is 5. The van der Waals surface area contributed by atoms with Crippen LogP contribution in [0.3, 0.4) is 0 Å². The molecule has 0 fully saturated rings. The minimum Gasteiger partial charge on any atom is -0.378 e. The van der Waals surface area contributed by atoms with Crippen LogP contribution in [0.5, 0.6) is 0 Å². The predicted octanol–water partition coefficient (Wildman–Crippen LogP) is 2.83. The molecular weight excluding hydrogens is 376 g/mol. The molecule has 2 N–H and O–H groups in total. The zero-order valence-electron chi connectivity index (χ0n) is 16.8. The molecule has 28 heavy (non-hydrogen) atoms. The van der Waals surface area contributed by atoms with Gasteiger partial charge in [0.05, 0.1) is 11.4 Å². The molecule has 0 aliphatic heterocycles. The van der Waals surface area contributed by atoms with E-state index in [-0.39, 0.29) is 17.3 Å². The van der Waals surface area contributed by atoms with Crippen molar-refractivity contribution in [2.75, 3.05) is 49.3 Å². The van der Waals surface area contributed by atoms with Gasteiger partial charge in [0.1, 0.15) is 0 Å². The minimum absolute atomic E-state index is 0.0809. The summed E-state index contributed by atoms with van der Waals surface area (Å²) in [5, 5.41) is 5.82. The van der Waals surface area contributed by atoms with Crippen LogP contribution in [0.1, 0.15) is 13.8 Å². The van der Waals surface area contributed by atoms with E-state index < -0.39 is 10.0 Å². The van der Waals surface area contributed by atoms with E-state index in [1.807, 2.05) is 57.1 Å². The molecule has 0 spiro atoms. The van der Waals surface area contributed by atoms with Crippen LogP contribution in [-0.4, -0.2) is 52.4 Å². The van der Waals surface area contributed by atoms with Crippen molar-refractivity contribution in [1.29, 1.82) is 0 Å². The number of nitrogens with one attached hydrogen (secondary N) is 2. The Morgan fingerprint density at radius 3 is 1.93 bits per heavy atom. The second kappa shape index (κ2) is 9.57. The molecule has 0 heterocycles. The van der Waals surface area contributed by atoms with Crippen molar-refractivity contribution < 1.29 is 13.2 Å². The third-order valence-electron chi connectivity index (χ3n) is 4.32. The van der Waals surface area contributed by atoms with Gasteiger partial charge in [-0.2, -0.15) is 4.31 Å². The Balaban J connectivity index is 1.93. The van der Waals surface area contributed by atoms with Gasteiger partial charge in [-0.1, -0.05) is 13.8 Å². The Morgan fingerprint density at radius 2 is 1.43 bits per heavy atom. The lowest BCUT2D eigenvalue weighted by molar-refractivity contribution is -0.114. The molecule has 0 saturated carbocycles. The van der Waals surface area contributed by atoms with Gasteiger partial charge in [0, 0.05) is 44.2 Å². The lowest BCUT2D eigenvalue weighted by Crippen LogP contribution is -2.30. The molecule has 0 aromatic heterocycles. The second-order valence-electron chi connectivity index (χ2n) is 6.46. The third-order valence-corrected chi connectivity index (χ3v) is 6.38. The van der Waals surface area contributed by atoms with Gasteiger partial charge < -0.3 is 15.5 Å². The Labute approximate surface area is 167 Å². The van der Waals surface area contributed by atoms with E-state index in [4.69, 9.17) is 0 Å². The van der Waals surface area contributed by atoms with Crippen molar-refractivity contribution in [1.82, 2.24) is 4.31 Å². The van der Waals surface area contributed by atoms with Crippen LogP contribution >= 0.6 is 0 Å². The molecule has 8 heteroatoms. The highest BCUT2D eigenvalue weighted by atomic mass is 32.2. The maximum absolute atomic E-state index is 12.5. The molecule has 2 aromatic rings. The first kappa shape index (κ1) is 21.7. The van der Waals surface area contributed by atoms with Crippen LogP contribution in [0.4, 0.5) is 17.1 Å². The standard InChI is InChI=1S/C20H28N4O3S/c1-5-24(6-2)28(26,27)19-13-9-16(10-14-19)21-15-20(25)22-17-7-11-18(12-8-17)23(3)4/h7-14,21H,5-6,15H2,1-4H3,(H,22,25). The average Bonchev–Trinajstić information content (AvgIpc) is 2.68. The van der Waals surface area contributed by atoms with Gasteiger partial charge in [0.25, 0.3) is 0 Å². The highest BCUT2D eigenvalue weighted by Crippen LogP contribution is 2.18. The Bertz CT molecular complexity index is 875. The number of sulfonamides is 1. The lowest BCUT2D eigenvalue weighted by atomic mass is 10.2. The molecule has 2 rings (SSSR count). The van der Waals surface area contributed by atoms with Gasteiger partial charge >= 0.3 is 0 Å². The van der Waals surface area contributed by atoms with Gasteiger partial charge in [-0.05, 0) is 48.5 Å². The number of amides is 1. The summed E-state index contributed by atoms with van der Waals surface area (Å²) in [7, 11) is 0.432. The number of rotatable bonds is 9. The van der Waals surface area contributed by atoms with E-state index in [0.717, 1.165) is 11.4 Å². The molecule has 0 aliphatic carbocycles. The van der Waals surface area contributed by atoms with Crippen molar-refractivity contribution in [3.63, 3.8) is 0 Å². The van der Waals surface area contributed by atoms with Crippen LogP contribution in [-0.2, 0) is 14.8 Å². The van der Waals surface area contributed by atoms with E-state index in [9.17, 15) is 13.2 Å². The molecular formula is C20H28N4O3S. The highest BCUT2D eigenvalue weighted by Gasteiger charge is 2.21. The number of anilines is 3. The molecule has 0 aliphatic rings. The molecule has 2 aromatic carbocycles. The summed E-state index contributed by atoms with van der Waals surface area (Å²) in [6.45, 7) is 4.55. The molecule has 0 unspecified atom stereocenters. The van der Waals surface area contributed by atoms with Crippen LogP contribution < -0.4 is 15.5 Å². The summed E-state index contributed by atoms with van der Waals surface area (Å²) < 4.78 is 26.4. The number of carbonyl (C=O) groups is 1. The maximum Gasteiger partial charge on any atom is 0.243 e. The van der Waals surface area contributed by atoms with Gasteiger partial charge in [0.2, 0.25) is 15.9 Å². The normalized spacial score (nSPS) is 11.3. The highest BCUT2D eigenvalue weighted by molar-refractivity contribution is 7.89. The van der Waals surface area contributed by atoms with Crippen molar-refractivity contribution in [3.8, 4) is 0 Å². The van der Waals surface area contributed by atoms with Crippen molar-refractivity contribution in [3.05, 3.63) is 48.5 Å². The van der Waals surface area contributed by atoms with E-state index in [0.29, 0.717) is 18.8 Å². The number of nitrogens with zero attached hydrogens (tertiary/aromatic N) is 2. The molecule has 7 nitrogen and oxygen atoms in total. The van der Waals surface area contributed by atoms with E-state index in [1.54, 1.807) is 24.3 Å². The van der Waals surface area contributed by atoms with E-state index in [1.165, 1.54) is 4.31 Å². The SMILES string of the molecule is CCN(CC)S(=O)(=O)c1ccc(NCC(=O)Nc2ccc(N(C)C)cc2)cc1. The van der Waals surface area contributed by atoms with E-state index in [2.05, 4.69) is 10.6 Å². The largest absolute Gasteiger partial charge is 0.378 e. The fraction of sp³-hybridized carbons (Fsp3) is 0.350. The van der Waals surface area contributed by atoms with Crippen LogP contribution in [0, 0.1) is 0 Å². The van der Waals surface area contributed by atoms with Gasteiger partial charge in [-0.25, -0.2) is 8.42 Å². The molecule has 152 valence electrons. The van der Waals surface area contributed by atoms with E-state index >= 15 is 0 Å². The number of hydrogen-bond donors (Lipinski definition) is 2. The molecule has 0 bridgehead atoms. The summed E-state index contributed by atoms with van der Waals surface area (Å²) in [6.07, 6.45) is 0. The molecule has 0 radical (unpaired) electrons. The van der Waals surface area contributed by atoms with Crippen molar-refractivity contribution in [2.45, 2.75) is 18.7 Å². The van der Waals surface area contributed by atoms with Gasteiger partial charge in [-0.3, -0.25) is 4.79 Å². The zero-order chi connectivity index (χ0) is 20.7. The fourth-order valence-electron chi connectivity index (χ4n) is 2.69. The first-order valence-corrected chi connectivity index (χ1v) is 10.6. The predicted molar refractivity (Wildman–Crippen MR) is 114 cm³/mol. The van der Waals surface area contributed by atoms with Gasteiger partial charge in [-0.15, -0.1) is 0 Å². The summed E-state index contributed by atoms with van der Waals surface area (Å²) >= 11 is 0. The number of carbonyl (C=O) groups excluding carboxylic acids is 1. The van der Waals surface area contributed by atoms with Crippen molar-refractivity contribution in [2.24, 2.45) is 0 Å². The smallest absolute Gasteiger partial charge is 0.243 e. The lowest BCUT2D eigenvalue weighted by Gasteiger charge is -2.18.